The third-order valence-electron chi connectivity index (χ3n) is 7.42. The molecule has 3 saturated heterocycles. The molecule has 3 aliphatic rings. The fourth-order valence-corrected chi connectivity index (χ4v) is 5.60. The Hall–Kier alpha value is -3.90. The standard InChI is InChI=1S/C27H30N8O/c28-27-23(16-22(31-32-27)21-7-2-3-8-24(21)36)34-17-20-15-19(34)18-35(20)26-10-11-29-25(30-26)9-6-14-33-12-4-1-5-13-33/h2-3,7-8,10-11,16,19-20,36H,1,4-5,12-15,17-18H2,(H2,28,32)/t19-,20-/m0/s1. The van der Waals surface area contributed by atoms with Gasteiger partial charge in [0.25, 0.3) is 0 Å². The van der Waals surface area contributed by atoms with Crippen LogP contribution in [0.25, 0.3) is 11.3 Å². The van der Waals surface area contributed by atoms with Crippen molar-refractivity contribution in [3.05, 3.63) is 48.4 Å². The summed E-state index contributed by atoms with van der Waals surface area (Å²) in [5, 5.41) is 18.7. The fourth-order valence-electron chi connectivity index (χ4n) is 5.60. The van der Waals surface area contributed by atoms with E-state index in [2.05, 4.69) is 41.7 Å². The van der Waals surface area contributed by atoms with Gasteiger partial charge in [-0.25, -0.2) is 9.97 Å². The van der Waals surface area contributed by atoms with Crippen molar-refractivity contribution in [3.63, 3.8) is 0 Å². The first-order chi connectivity index (χ1) is 17.7. The average molecular weight is 483 g/mol. The number of fused-ring (bicyclic) bond motifs is 2. The minimum absolute atomic E-state index is 0.176. The molecule has 6 rings (SSSR count). The number of piperidine rings is 1. The van der Waals surface area contributed by atoms with E-state index < -0.39 is 0 Å². The topological polar surface area (TPSA) is 108 Å². The van der Waals surface area contributed by atoms with Gasteiger partial charge < -0.3 is 20.6 Å². The maximum Gasteiger partial charge on any atom is 0.206 e. The zero-order valence-electron chi connectivity index (χ0n) is 20.2. The Labute approximate surface area is 211 Å². The maximum atomic E-state index is 10.3. The molecule has 1 aromatic carbocycles. The van der Waals surface area contributed by atoms with Gasteiger partial charge in [-0.1, -0.05) is 24.5 Å². The lowest BCUT2D eigenvalue weighted by atomic mass is 10.1. The van der Waals surface area contributed by atoms with Crippen molar-refractivity contribution in [2.75, 3.05) is 48.3 Å². The van der Waals surface area contributed by atoms with E-state index >= 15 is 0 Å². The van der Waals surface area contributed by atoms with Crippen LogP contribution >= 0.6 is 0 Å². The molecule has 5 heterocycles. The smallest absolute Gasteiger partial charge is 0.206 e. The molecule has 0 amide bonds. The first-order valence-electron chi connectivity index (χ1n) is 12.6. The number of rotatable bonds is 4. The summed E-state index contributed by atoms with van der Waals surface area (Å²) in [5.74, 6) is 8.51. The van der Waals surface area contributed by atoms with E-state index in [-0.39, 0.29) is 5.75 Å². The zero-order chi connectivity index (χ0) is 24.5. The molecule has 184 valence electrons. The Morgan fingerprint density at radius 2 is 1.81 bits per heavy atom. The van der Waals surface area contributed by atoms with Crippen LogP contribution in [0.4, 0.5) is 17.3 Å². The van der Waals surface area contributed by atoms with Gasteiger partial charge in [-0.05, 0) is 62.5 Å². The summed E-state index contributed by atoms with van der Waals surface area (Å²) < 4.78 is 0. The van der Waals surface area contributed by atoms with Gasteiger partial charge in [-0.3, -0.25) is 4.90 Å². The predicted molar refractivity (Wildman–Crippen MR) is 140 cm³/mol. The van der Waals surface area contributed by atoms with Gasteiger partial charge in [0, 0.05) is 30.9 Å². The molecule has 2 aromatic heterocycles. The van der Waals surface area contributed by atoms with Crippen molar-refractivity contribution in [3.8, 4) is 28.8 Å². The molecule has 3 aliphatic heterocycles. The molecule has 9 heteroatoms. The molecule has 0 unspecified atom stereocenters. The Morgan fingerprint density at radius 1 is 1.00 bits per heavy atom. The van der Waals surface area contributed by atoms with Crippen LogP contribution in [0.15, 0.2) is 42.6 Å². The third kappa shape index (κ3) is 4.40. The lowest BCUT2D eigenvalue weighted by molar-refractivity contribution is 0.255. The molecule has 0 saturated carbocycles. The van der Waals surface area contributed by atoms with Crippen molar-refractivity contribution in [1.29, 1.82) is 0 Å². The van der Waals surface area contributed by atoms with Crippen LogP contribution in [0, 0.1) is 11.8 Å². The molecule has 9 nitrogen and oxygen atoms in total. The van der Waals surface area contributed by atoms with E-state index in [1.807, 2.05) is 24.3 Å². The van der Waals surface area contributed by atoms with Gasteiger partial charge in [-0.15, -0.1) is 10.2 Å². The molecular formula is C27H30N8O. The van der Waals surface area contributed by atoms with Gasteiger partial charge >= 0.3 is 0 Å². The van der Waals surface area contributed by atoms with Crippen molar-refractivity contribution in [2.45, 2.75) is 37.8 Å². The number of nitrogens with zero attached hydrogens (tertiary/aromatic N) is 7. The van der Waals surface area contributed by atoms with Gasteiger partial charge in [-0.2, -0.15) is 0 Å². The molecule has 3 N–H and O–H groups in total. The highest BCUT2D eigenvalue weighted by Crippen LogP contribution is 2.39. The predicted octanol–water partition coefficient (Wildman–Crippen LogP) is 2.53. The van der Waals surface area contributed by atoms with Crippen LogP contribution in [0.5, 0.6) is 5.75 Å². The third-order valence-corrected chi connectivity index (χ3v) is 7.42. The van der Waals surface area contributed by atoms with Crippen molar-refractivity contribution in [1.82, 2.24) is 25.1 Å². The number of phenolic OH excluding ortho intramolecular Hbond substituents is 1. The molecule has 36 heavy (non-hydrogen) atoms. The van der Waals surface area contributed by atoms with E-state index in [0.29, 0.717) is 35.0 Å². The Balaban J connectivity index is 1.16. The summed E-state index contributed by atoms with van der Waals surface area (Å²) in [5.41, 5.74) is 8.37. The number of para-hydroxylation sites is 1. The largest absolute Gasteiger partial charge is 0.507 e. The fraction of sp³-hybridized carbons (Fsp3) is 0.407. The Morgan fingerprint density at radius 3 is 2.61 bits per heavy atom. The van der Waals surface area contributed by atoms with Crippen LogP contribution < -0.4 is 15.5 Å². The molecule has 3 aromatic rings. The summed E-state index contributed by atoms with van der Waals surface area (Å²) in [7, 11) is 0. The molecule has 2 atom stereocenters. The summed E-state index contributed by atoms with van der Waals surface area (Å²) in [6.07, 6.45) is 6.68. The number of aromatic nitrogens is 4. The summed E-state index contributed by atoms with van der Waals surface area (Å²) in [6.45, 7) is 4.71. The Kier molecular flexibility index (Phi) is 6.03. The number of anilines is 3. The summed E-state index contributed by atoms with van der Waals surface area (Å²) in [4.78, 5) is 16.2. The average Bonchev–Trinajstić information content (AvgIpc) is 3.52. The lowest BCUT2D eigenvalue weighted by Crippen LogP contribution is -2.47. The minimum Gasteiger partial charge on any atom is -0.507 e. The lowest BCUT2D eigenvalue weighted by Gasteiger charge is -2.36. The molecule has 0 spiro atoms. The number of piperazine rings is 1. The Bertz CT molecular complexity index is 1310. The quantitative estimate of drug-likeness (QED) is 0.542. The number of hydrogen-bond donors (Lipinski definition) is 2. The van der Waals surface area contributed by atoms with E-state index in [9.17, 15) is 5.11 Å². The number of phenols is 1. The molecule has 3 fully saturated rings. The normalized spacial score (nSPS) is 21.4. The van der Waals surface area contributed by atoms with Crippen LogP contribution in [-0.2, 0) is 0 Å². The van der Waals surface area contributed by atoms with Gasteiger partial charge in [0.15, 0.2) is 5.82 Å². The number of benzene rings is 1. The zero-order valence-corrected chi connectivity index (χ0v) is 20.2. The molecular weight excluding hydrogens is 452 g/mol. The number of hydrogen-bond acceptors (Lipinski definition) is 9. The van der Waals surface area contributed by atoms with E-state index in [4.69, 9.17) is 10.7 Å². The van der Waals surface area contributed by atoms with E-state index in [0.717, 1.165) is 50.6 Å². The molecule has 0 aliphatic carbocycles. The van der Waals surface area contributed by atoms with Crippen molar-refractivity contribution >= 4 is 17.3 Å². The highest BCUT2D eigenvalue weighted by molar-refractivity contribution is 5.75. The monoisotopic (exact) mass is 482 g/mol. The number of aromatic hydroxyl groups is 1. The second-order valence-electron chi connectivity index (χ2n) is 9.74. The SMILES string of the molecule is Nc1nnc(-c2ccccc2O)cc1N1C[C@@H]2C[C@H]1CN2c1ccnc(C#CCN2CCCCC2)n1. The number of likely N-dealkylation sites (tertiary alicyclic amines) is 1. The summed E-state index contributed by atoms with van der Waals surface area (Å²) >= 11 is 0. The minimum atomic E-state index is 0.176. The van der Waals surface area contributed by atoms with Gasteiger partial charge in [0.05, 0.1) is 24.0 Å². The highest BCUT2D eigenvalue weighted by atomic mass is 16.3. The van der Waals surface area contributed by atoms with Crippen LogP contribution in [0.2, 0.25) is 0 Å². The van der Waals surface area contributed by atoms with E-state index in [1.165, 1.54) is 19.3 Å². The first-order valence-corrected chi connectivity index (χ1v) is 12.6. The van der Waals surface area contributed by atoms with E-state index in [1.54, 1.807) is 18.3 Å². The van der Waals surface area contributed by atoms with Crippen LogP contribution in [0.3, 0.4) is 0 Å². The first kappa shape index (κ1) is 22.6. The maximum absolute atomic E-state index is 10.3. The van der Waals surface area contributed by atoms with Gasteiger partial charge in [0.1, 0.15) is 11.6 Å². The number of nitrogen functional groups attached to an aromatic ring is 1. The summed E-state index contributed by atoms with van der Waals surface area (Å²) in [6, 6.07) is 11.7. The second-order valence-corrected chi connectivity index (χ2v) is 9.74. The van der Waals surface area contributed by atoms with Crippen molar-refractivity contribution < 1.29 is 5.11 Å². The number of nitrogens with two attached hydrogens (primary N) is 1. The molecule has 0 radical (unpaired) electrons. The van der Waals surface area contributed by atoms with Crippen LogP contribution in [0.1, 0.15) is 31.5 Å². The van der Waals surface area contributed by atoms with Crippen molar-refractivity contribution in [2.24, 2.45) is 0 Å². The highest BCUT2D eigenvalue weighted by Gasteiger charge is 2.44. The van der Waals surface area contributed by atoms with Crippen LogP contribution in [-0.4, -0.2) is 75.0 Å². The second kappa shape index (κ2) is 9.63. The van der Waals surface area contributed by atoms with Gasteiger partial charge in [0.2, 0.25) is 5.82 Å². The molecule has 2 bridgehead atoms.